The van der Waals surface area contributed by atoms with Gasteiger partial charge in [0, 0.05) is 35.5 Å². The average Bonchev–Trinajstić information content (AvgIpc) is 2.32. The van der Waals surface area contributed by atoms with Gasteiger partial charge in [0.15, 0.2) is 0 Å². The second-order valence-electron chi connectivity index (χ2n) is 5.57. The molecule has 0 spiro atoms. The number of hydrogen-bond donors (Lipinski definition) is 0. The van der Waals surface area contributed by atoms with Crippen molar-refractivity contribution in [3.8, 4) is 0 Å². The van der Waals surface area contributed by atoms with E-state index in [-0.39, 0.29) is 5.54 Å². The number of anilines is 1. The first-order valence-corrected chi connectivity index (χ1v) is 7.57. The first-order valence-electron chi connectivity index (χ1n) is 6.24. The molecule has 2 rings (SSSR count). The van der Waals surface area contributed by atoms with Crippen molar-refractivity contribution < 1.29 is 0 Å². The SMILES string of the molecule is CN1CCN(c2ccc(CCl)cc2Br)CC1(C)C. The van der Waals surface area contributed by atoms with Crippen LogP contribution in [0.25, 0.3) is 0 Å². The molecule has 0 atom stereocenters. The highest BCUT2D eigenvalue weighted by Gasteiger charge is 2.31. The van der Waals surface area contributed by atoms with Crippen molar-refractivity contribution in [1.29, 1.82) is 0 Å². The van der Waals surface area contributed by atoms with Gasteiger partial charge < -0.3 is 4.90 Å². The van der Waals surface area contributed by atoms with Gasteiger partial charge in [-0.1, -0.05) is 6.07 Å². The summed E-state index contributed by atoms with van der Waals surface area (Å²) in [6.45, 7) is 7.79. The zero-order valence-corrected chi connectivity index (χ0v) is 13.6. The average molecular weight is 332 g/mol. The minimum Gasteiger partial charge on any atom is -0.368 e. The fraction of sp³-hybridized carbons (Fsp3) is 0.571. The van der Waals surface area contributed by atoms with Crippen molar-refractivity contribution in [2.24, 2.45) is 0 Å². The molecular formula is C14H20BrClN2. The molecule has 0 amide bonds. The summed E-state index contributed by atoms with van der Waals surface area (Å²) in [5.41, 5.74) is 2.63. The van der Waals surface area contributed by atoms with Gasteiger partial charge in [-0.3, -0.25) is 4.90 Å². The van der Waals surface area contributed by atoms with E-state index in [0.717, 1.165) is 29.7 Å². The van der Waals surface area contributed by atoms with Crippen LogP contribution in [0.5, 0.6) is 0 Å². The molecule has 18 heavy (non-hydrogen) atoms. The Morgan fingerprint density at radius 2 is 2.06 bits per heavy atom. The number of piperazine rings is 1. The number of likely N-dealkylation sites (N-methyl/N-ethyl adjacent to an activating group) is 1. The molecule has 1 aromatic carbocycles. The van der Waals surface area contributed by atoms with Crippen LogP contribution >= 0.6 is 27.5 Å². The predicted molar refractivity (Wildman–Crippen MR) is 82.6 cm³/mol. The summed E-state index contributed by atoms with van der Waals surface area (Å²) >= 11 is 9.52. The van der Waals surface area contributed by atoms with Gasteiger partial charge in [0.1, 0.15) is 0 Å². The summed E-state index contributed by atoms with van der Waals surface area (Å²) in [7, 11) is 2.20. The second kappa shape index (κ2) is 5.40. The maximum Gasteiger partial charge on any atom is 0.0511 e. The van der Waals surface area contributed by atoms with Crippen molar-refractivity contribution in [2.45, 2.75) is 25.3 Å². The van der Waals surface area contributed by atoms with Crippen molar-refractivity contribution in [3.05, 3.63) is 28.2 Å². The molecule has 0 aromatic heterocycles. The largest absolute Gasteiger partial charge is 0.368 e. The zero-order valence-electron chi connectivity index (χ0n) is 11.2. The summed E-state index contributed by atoms with van der Waals surface area (Å²) in [4.78, 5) is 4.87. The summed E-state index contributed by atoms with van der Waals surface area (Å²) in [6, 6.07) is 6.40. The van der Waals surface area contributed by atoms with E-state index >= 15 is 0 Å². The maximum absolute atomic E-state index is 5.86. The van der Waals surface area contributed by atoms with E-state index in [1.54, 1.807) is 0 Å². The molecular weight excluding hydrogens is 312 g/mol. The molecule has 0 N–H and O–H groups in total. The molecule has 0 bridgehead atoms. The number of halogens is 2. The van der Waals surface area contributed by atoms with E-state index in [1.165, 1.54) is 5.69 Å². The summed E-state index contributed by atoms with van der Waals surface area (Å²) < 4.78 is 1.14. The van der Waals surface area contributed by atoms with Crippen molar-refractivity contribution in [3.63, 3.8) is 0 Å². The minimum absolute atomic E-state index is 0.211. The Balaban J connectivity index is 2.22. The Labute approximate surface area is 123 Å². The van der Waals surface area contributed by atoms with Gasteiger partial charge in [-0.25, -0.2) is 0 Å². The molecule has 0 radical (unpaired) electrons. The van der Waals surface area contributed by atoms with E-state index in [2.05, 4.69) is 64.8 Å². The summed E-state index contributed by atoms with van der Waals surface area (Å²) in [5, 5.41) is 0. The topological polar surface area (TPSA) is 6.48 Å². The molecule has 1 aliphatic rings. The second-order valence-corrected chi connectivity index (χ2v) is 6.70. The van der Waals surface area contributed by atoms with E-state index in [0.29, 0.717) is 5.88 Å². The highest BCUT2D eigenvalue weighted by molar-refractivity contribution is 9.10. The molecule has 1 fully saturated rings. The van der Waals surface area contributed by atoms with Crippen molar-refractivity contribution in [2.75, 3.05) is 31.6 Å². The Morgan fingerprint density at radius 1 is 1.33 bits per heavy atom. The third kappa shape index (κ3) is 2.84. The summed E-state index contributed by atoms with van der Waals surface area (Å²) in [5.74, 6) is 0.563. The lowest BCUT2D eigenvalue weighted by atomic mass is 9.99. The fourth-order valence-electron chi connectivity index (χ4n) is 2.34. The first-order chi connectivity index (χ1) is 8.44. The highest BCUT2D eigenvalue weighted by Crippen LogP contribution is 2.31. The molecule has 1 aromatic rings. The van der Waals surface area contributed by atoms with E-state index < -0.39 is 0 Å². The lowest BCUT2D eigenvalue weighted by molar-refractivity contribution is 0.139. The molecule has 0 saturated carbocycles. The van der Waals surface area contributed by atoms with Crippen LogP contribution in [0.2, 0.25) is 0 Å². The van der Waals surface area contributed by atoms with Crippen LogP contribution in [0.4, 0.5) is 5.69 Å². The number of benzene rings is 1. The third-order valence-corrected chi connectivity index (χ3v) is 4.77. The zero-order chi connectivity index (χ0) is 13.3. The number of hydrogen-bond acceptors (Lipinski definition) is 2. The molecule has 1 saturated heterocycles. The Morgan fingerprint density at radius 3 is 2.61 bits per heavy atom. The standard InChI is InChI=1S/C14H20BrClN2/c1-14(2)10-18(7-6-17(14)3)13-5-4-11(9-16)8-12(13)15/h4-5,8H,6-7,9-10H2,1-3H3. The quantitative estimate of drug-likeness (QED) is 0.762. The monoisotopic (exact) mass is 330 g/mol. The molecule has 100 valence electrons. The van der Waals surface area contributed by atoms with Gasteiger partial charge in [-0.05, 0) is 54.5 Å². The maximum atomic E-state index is 5.86. The Bertz CT molecular complexity index is 434. The first kappa shape index (κ1) is 14.2. The molecule has 1 heterocycles. The van der Waals surface area contributed by atoms with Crippen LogP contribution in [0.3, 0.4) is 0 Å². The van der Waals surface area contributed by atoms with Crippen LogP contribution in [-0.2, 0) is 5.88 Å². The lowest BCUT2D eigenvalue weighted by Gasteiger charge is -2.46. The fourth-order valence-corrected chi connectivity index (χ4v) is 3.18. The molecule has 4 heteroatoms. The smallest absolute Gasteiger partial charge is 0.0511 e. The molecule has 0 aliphatic carbocycles. The predicted octanol–water partition coefficient (Wildman–Crippen LogP) is 3.72. The van der Waals surface area contributed by atoms with Gasteiger partial charge in [-0.2, -0.15) is 0 Å². The number of rotatable bonds is 2. The van der Waals surface area contributed by atoms with Crippen LogP contribution in [-0.4, -0.2) is 37.1 Å². The van der Waals surface area contributed by atoms with E-state index in [4.69, 9.17) is 11.6 Å². The van der Waals surface area contributed by atoms with Gasteiger partial charge in [0.2, 0.25) is 0 Å². The van der Waals surface area contributed by atoms with Crippen molar-refractivity contribution >= 4 is 33.2 Å². The van der Waals surface area contributed by atoms with Crippen LogP contribution < -0.4 is 4.90 Å². The Hall–Kier alpha value is -0.250. The normalized spacial score (nSPS) is 20.2. The molecule has 0 unspecified atom stereocenters. The van der Waals surface area contributed by atoms with E-state index in [1.807, 2.05) is 0 Å². The molecule has 1 aliphatic heterocycles. The van der Waals surface area contributed by atoms with Gasteiger partial charge >= 0.3 is 0 Å². The third-order valence-electron chi connectivity index (χ3n) is 3.82. The van der Waals surface area contributed by atoms with E-state index in [9.17, 15) is 0 Å². The van der Waals surface area contributed by atoms with Crippen LogP contribution in [0, 0.1) is 0 Å². The number of alkyl halides is 1. The Kier molecular flexibility index (Phi) is 4.25. The van der Waals surface area contributed by atoms with Crippen LogP contribution in [0.15, 0.2) is 22.7 Å². The van der Waals surface area contributed by atoms with Crippen molar-refractivity contribution in [1.82, 2.24) is 4.90 Å². The lowest BCUT2D eigenvalue weighted by Crippen LogP contribution is -2.57. The van der Waals surface area contributed by atoms with Gasteiger partial charge in [0.05, 0.1) is 5.69 Å². The van der Waals surface area contributed by atoms with Gasteiger partial charge in [-0.15, -0.1) is 11.6 Å². The highest BCUT2D eigenvalue weighted by atomic mass is 79.9. The number of nitrogens with zero attached hydrogens (tertiary/aromatic N) is 2. The molecule has 2 nitrogen and oxygen atoms in total. The minimum atomic E-state index is 0.211. The van der Waals surface area contributed by atoms with Gasteiger partial charge in [0.25, 0.3) is 0 Å². The van der Waals surface area contributed by atoms with Crippen LogP contribution in [0.1, 0.15) is 19.4 Å². The summed E-state index contributed by atoms with van der Waals surface area (Å²) in [6.07, 6.45) is 0.